The van der Waals surface area contributed by atoms with Gasteiger partial charge in [0.1, 0.15) is 21.2 Å². The molecule has 0 aliphatic heterocycles. The number of nitrogens with zero attached hydrogens (tertiary/aromatic N) is 4. The second kappa shape index (κ2) is 12.0. The third-order valence-electron chi connectivity index (χ3n) is 5.83. The highest BCUT2D eigenvalue weighted by Gasteiger charge is 2.22. The minimum Gasteiger partial charge on any atom is -0.497 e. The minimum absolute atomic E-state index is 0.266. The number of nitrogens with one attached hydrogen (secondary N) is 2. The Morgan fingerprint density at radius 2 is 1.45 bits per heavy atom. The predicted molar refractivity (Wildman–Crippen MR) is 160 cm³/mol. The van der Waals surface area contributed by atoms with Gasteiger partial charge in [0.25, 0.3) is 5.91 Å². The third-order valence-corrected chi connectivity index (χ3v) is 6.93. The minimum atomic E-state index is -0.448. The molecule has 0 aliphatic carbocycles. The maximum atomic E-state index is 13.0. The maximum Gasteiger partial charge on any atom is 0.283 e. The monoisotopic (exact) mass is 551 g/mol. The number of anilines is 2. The summed E-state index contributed by atoms with van der Waals surface area (Å²) in [7, 11) is 3.21. The van der Waals surface area contributed by atoms with Gasteiger partial charge in [-0.2, -0.15) is 10.2 Å². The van der Waals surface area contributed by atoms with Gasteiger partial charge in [0.2, 0.25) is 5.95 Å². The van der Waals surface area contributed by atoms with E-state index < -0.39 is 5.91 Å². The van der Waals surface area contributed by atoms with Gasteiger partial charge >= 0.3 is 0 Å². The second-order valence-corrected chi connectivity index (χ2v) is 9.40. The van der Waals surface area contributed by atoms with Crippen LogP contribution >= 0.6 is 11.3 Å². The van der Waals surface area contributed by atoms with Crippen LogP contribution < -0.4 is 26.1 Å². The molecule has 3 aromatic carbocycles. The Bertz CT molecular complexity index is 1680. The van der Waals surface area contributed by atoms with Crippen LogP contribution in [0.1, 0.15) is 20.8 Å². The van der Waals surface area contributed by atoms with E-state index >= 15 is 0 Å². The second-order valence-electron chi connectivity index (χ2n) is 8.40. The average Bonchev–Trinajstić information content (AvgIpc) is 3.34. The summed E-state index contributed by atoms with van der Waals surface area (Å²) >= 11 is 1.16. The van der Waals surface area contributed by atoms with Crippen LogP contribution in [0.2, 0.25) is 0 Å². The van der Waals surface area contributed by atoms with Crippen LogP contribution in [0.4, 0.5) is 11.6 Å². The molecule has 0 spiro atoms. The predicted octanol–water partition coefficient (Wildman–Crippen LogP) is 5.17. The number of carbonyl (C=O) groups is 1. The molecular weight excluding hydrogens is 526 g/mol. The van der Waals surface area contributed by atoms with Gasteiger partial charge in [0.15, 0.2) is 0 Å². The number of thiophene rings is 1. The molecule has 0 saturated carbocycles. The van der Waals surface area contributed by atoms with Gasteiger partial charge in [-0.1, -0.05) is 30.3 Å². The lowest BCUT2D eigenvalue weighted by Gasteiger charge is -2.07. The molecule has 0 fully saturated rings. The summed E-state index contributed by atoms with van der Waals surface area (Å²) in [5.74, 6) is 1.31. The molecule has 10 nitrogen and oxygen atoms in total. The van der Waals surface area contributed by atoms with Crippen LogP contribution in [-0.4, -0.2) is 42.5 Å². The van der Waals surface area contributed by atoms with Gasteiger partial charge in [-0.3, -0.25) is 4.79 Å². The first-order chi connectivity index (χ1) is 19.6. The van der Waals surface area contributed by atoms with Crippen molar-refractivity contribution in [1.29, 1.82) is 0 Å². The van der Waals surface area contributed by atoms with Crippen LogP contribution in [0.5, 0.6) is 11.5 Å². The van der Waals surface area contributed by atoms with Gasteiger partial charge in [-0.25, -0.2) is 20.8 Å². The first-order valence-electron chi connectivity index (χ1n) is 12.1. The summed E-state index contributed by atoms with van der Waals surface area (Å²) < 4.78 is 10.3. The molecule has 0 atom stereocenters. The largest absolute Gasteiger partial charge is 0.497 e. The number of hydrogen-bond donors (Lipinski definition) is 3. The van der Waals surface area contributed by atoms with Gasteiger partial charge in [0.05, 0.1) is 43.4 Å². The van der Waals surface area contributed by atoms with E-state index in [0.717, 1.165) is 39.5 Å². The van der Waals surface area contributed by atoms with Gasteiger partial charge < -0.3 is 15.2 Å². The number of methoxy groups -OCH3 is 2. The van der Waals surface area contributed by atoms with Crippen LogP contribution in [0.15, 0.2) is 89.1 Å². The van der Waals surface area contributed by atoms with Crippen molar-refractivity contribution in [2.45, 2.75) is 0 Å². The molecule has 0 aliphatic rings. The zero-order chi connectivity index (χ0) is 27.9. The fourth-order valence-electron chi connectivity index (χ4n) is 3.81. The standard InChI is InChI=1S/C29H25N7O3S/c1-38-21-12-8-18(9-13-21)16-31-35-27(37)26-24(30)23-25(20-6-4-3-5-7-20)33-29(34-28(23)40-26)36-32-17-19-10-14-22(39-2)15-11-19/h3-17H,30H2,1-2H3,(H,35,37)(H,33,34,36)/b31-16+,32-17+. The Kier molecular flexibility index (Phi) is 7.93. The van der Waals surface area contributed by atoms with E-state index in [4.69, 9.17) is 15.2 Å². The molecule has 0 radical (unpaired) electrons. The summed E-state index contributed by atoms with van der Waals surface area (Å²) in [6, 6.07) is 24.3. The third kappa shape index (κ3) is 5.89. The first-order valence-corrected chi connectivity index (χ1v) is 12.9. The van der Waals surface area contributed by atoms with Crippen molar-refractivity contribution in [2.24, 2.45) is 10.2 Å². The topological polar surface area (TPSA) is 136 Å². The fourth-order valence-corrected chi connectivity index (χ4v) is 4.79. The van der Waals surface area contributed by atoms with Gasteiger partial charge in [-0.15, -0.1) is 11.3 Å². The molecule has 2 aromatic heterocycles. The van der Waals surface area contributed by atoms with Crippen molar-refractivity contribution in [1.82, 2.24) is 15.4 Å². The first kappa shape index (κ1) is 26.3. The van der Waals surface area contributed by atoms with E-state index in [0.29, 0.717) is 15.9 Å². The zero-order valence-electron chi connectivity index (χ0n) is 21.7. The molecule has 40 heavy (non-hydrogen) atoms. The molecule has 1 amide bonds. The Labute approximate surface area is 234 Å². The smallest absolute Gasteiger partial charge is 0.283 e. The van der Waals surface area contributed by atoms with E-state index in [2.05, 4.69) is 31.0 Å². The fraction of sp³-hybridized carbons (Fsp3) is 0.0690. The Morgan fingerprint density at radius 3 is 2.05 bits per heavy atom. The summed E-state index contributed by atoms with van der Waals surface area (Å²) in [5, 5.41) is 8.94. The van der Waals surface area contributed by atoms with Crippen molar-refractivity contribution in [2.75, 3.05) is 25.4 Å². The van der Waals surface area contributed by atoms with Crippen molar-refractivity contribution in [3.63, 3.8) is 0 Å². The number of benzene rings is 3. The molecule has 11 heteroatoms. The molecule has 0 unspecified atom stereocenters. The molecule has 0 bridgehead atoms. The summed E-state index contributed by atoms with van der Waals surface area (Å²) in [4.78, 5) is 23.1. The zero-order valence-corrected chi connectivity index (χ0v) is 22.5. The molecule has 0 saturated heterocycles. The summed E-state index contributed by atoms with van der Waals surface area (Å²) in [5.41, 5.74) is 15.3. The van der Waals surface area contributed by atoms with Gasteiger partial charge in [-0.05, 0) is 59.7 Å². The lowest BCUT2D eigenvalue weighted by molar-refractivity contribution is 0.0960. The van der Waals surface area contributed by atoms with E-state index in [1.165, 1.54) is 0 Å². The number of nitrogens with two attached hydrogens (primary N) is 1. The Hall–Kier alpha value is -5.29. The highest BCUT2D eigenvalue weighted by Crippen LogP contribution is 2.39. The Morgan fingerprint density at radius 1 is 0.850 bits per heavy atom. The van der Waals surface area contributed by atoms with Gasteiger partial charge in [0, 0.05) is 5.56 Å². The maximum absolute atomic E-state index is 13.0. The van der Waals surface area contributed by atoms with Crippen molar-refractivity contribution in [3.8, 4) is 22.8 Å². The van der Waals surface area contributed by atoms with Crippen molar-refractivity contribution < 1.29 is 14.3 Å². The lowest BCUT2D eigenvalue weighted by Crippen LogP contribution is -2.17. The van der Waals surface area contributed by atoms with Crippen LogP contribution in [0, 0.1) is 0 Å². The van der Waals surface area contributed by atoms with E-state index in [1.54, 1.807) is 26.6 Å². The summed E-state index contributed by atoms with van der Waals surface area (Å²) in [6.45, 7) is 0. The number of rotatable bonds is 9. The number of hydrazone groups is 2. The van der Waals surface area contributed by atoms with Crippen molar-refractivity contribution in [3.05, 3.63) is 94.9 Å². The molecular formula is C29H25N7O3S. The number of aromatic nitrogens is 2. The number of fused-ring (bicyclic) bond motifs is 1. The van der Waals surface area contributed by atoms with Crippen LogP contribution in [-0.2, 0) is 0 Å². The van der Waals surface area contributed by atoms with Crippen LogP contribution in [0.3, 0.4) is 0 Å². The molecule has 2 heterocycles. The van der Waals surface area contributed by atoms with E-state index in [-0.39, 0.29) is 16.5 Å². The molecule has 5 rings (SSSR count). The number of hydrogen-bond acceptors (Lipinski definition) is 10. The van der Waals surface area contributed by atoms with Crippen LogP contribution in [0.25, 0.3) is 21.5 Å². The highest BCUT2D eigenvalue weighted by molar-refractivity contribution is 7.21. The molecule has 5 aromatic rings. The number of amides is 1. The van der Waals surface area contributed by atoms with Crippen molar-refractivity contribution >= 4 is 51.5 Å². The van der Waals surface area contributed by atoms with E-state index in [1.807, 2.05) is 78.9 Å². The van der Waals surface area contributed by atoms with E-state index in [9.17, 15) is 4.79 Å². The summed E-state index contributed by atoms with van der Waals surface area (Å²) in [6.07, 6.45) is 3.19. The highest BCUT2D eigenvalue weighted by atomic mass is 32.1. The lowest BCUT2D eigenvalue weighted by atomic mass is 10.1. The number of carbonyl (C=O) groups excluding carboxylic acids is 1. The number of nitrogen functional groups attached to an aromatic ring is 1. The average molecular weight is 552 g/mol. The quantitative estimate of drug-likeness (QED) is 0.170. The SMILES string of the molecule is COc1ccc(/C=N/NC(=O)c2sc3nc(N/N=C/c4ccc(OC)cc4)nc(-c4ccccc4)c3c2N)cc1. The molecule has 200 valence electrons. The molecule has 4 N–H and O–H groups in total. The normalized spacial score (nSPS) is 11.2. The Balaban J connectivity index is 1.42. The number of ether oxygens (including phenoxy) is 2.